The van der Waals surface area contributed by atoms with Crippen molar-refractivity contribution in [3.8, 4) is 11.3 Å². The molecule has 0 radical (unpaired) electrons. The Bertz CT molecular complexity index is 938. The molecule has 0 N–H and O–H groups in total. The summed E-state index contributed by atoms with van der Waals surface area (Å²) in [5.41, 5.74) is 0.786. The molecular weight excluding hydrogens is 356 g/mol. The predicted octanol–water partition coefficient (Wildman–Crippen LogP) is 2.01. The quantitative estimate of drug-likeness (QED) is 0.626. The van der Waals surface area contributed by atoms with E-state index in [1.54, 1.807) is 6.92 Å². The average molecular weight is 370 g/mol. The summed E-state index contributed by atoms with van der Waals surface area (Å²) >= 11 is 1.34. The van der Waals surface area contributed by atoms with Gasteiger partial charge in [0.05, 0.1) is 23.4 Å². The van der Waals surface area contributed by atoms with Crippen molar-refractivity contribution in [3.63, 3.8) is 0 Å². The lowest BCUT2D eigenvalue weighted by Gasteiger charge is -2.02. The number of carboxylic acids is 2. The Morgan fingerprint density at radius 3 is 2.27 bits per heavy atom. The Kier molecular flexibility index (Phi) is 5.18. The standard InChI is InChI=1S/C19H16O6S/c1-11-14(18(20)21)7-13(24-11)9-26-10-17-15(19(22)23)8-16(25-17)12-5-3-2-4-6-12/h2-8H,9-10H2,1H3,(H,20,21)(H,22,23)/p-2. The van der Waals surface area contributed by atoms with E-state index in [9.17, 15) is 19.8 Å². The fourth-order valence-electron chi connectivity index (χ4n) is 2.52. The lowest BCUT2D eigenvalue weighted by atomic mass is 10.1. The molecule has 0 fully saturated rings. The van der Waals surface area contributed by atoms with Gasteiger partial charge in [0.25, 0.3) is 0 Å². The molecule has 7 heteroatoms. The van der Waals surface area contributed by atoms with Gasteiger partial charge >= 0.3 is 0 Å². The maximum atomic E-state index is 11.4. The third-order valence-electron chi connectivity index (χ3n) is 3.75. The number of carbonyl (C=O) groups excluding carboxylic acids is 2. The average Bonchev–Trinajstić information content (AvgIpc) is 3.20. The largest absolute Gasteiger partial charge is 0.545 e. The van der Waals surface area contributed by atoms with E-state index in [1.807, 2.05) is 30.3 Å². The molecule has 0 aliphatic carbocycles. The van der Waals surface area contributed by atoms with E-state index in [4.69, 9.17) is 8.83 Å². The van der Waals surface area contributed by atoms with Crippen LogP contribution in [-0.2, 0) is 11.5 Å². The van der Waals surface area contributed by atoms with E-state index in [0.29, 0.717) is 17.3 Å². The van der Waals surface area contributed by atoms with Gasteiger partial charge in [0.15, 0.2) is 0 Å². The molecule has 0 bridgehead atoms. The van der Waals surface area contributed by atoms with Crippen molar-refractivity contribution in [1.82, 2.24) is 0 Å². The number of furan rings is 2. The number of hydrogen-bond acceptors (Lipinski definition) is 7. The molecule has 0 amide bonds. The minimum absolute atomic E-state index is 0.00223. The molecule has 6 nitrogen and oxygen atoms in total. The van der Waals surface area contributed by atoms with Gasteiger partial charge < -0.3 is 28.6 Å². The summed E-state index contributed by atoms with van der Waals surface area (Å²) < 4.78 is 11.1. The first kappa shape index (κ1) is 17.9. The van der Waals surface area contributed by atoms with Gasteiger partial charge in [-0.3, -0.25) is 0 Å². The highest BCUT2D eigenvalue weighted by Gasteiger charge is 2.14. The molecule has 2 aromatic heterocycles. The van der Waals surface area contributed by atoms with E-state index in [-0.39, 0.29) is 28.4 Å². The number of thioether (sulfide) groups is 1. The topological polar surface area (TPSA) is 107 Å². The van der Waals surface area contributed by atoms with Gasteiger partial charge in [0.1, 0.15) is 23.0 Å². The highest BCUT2D eigenvalue weighted by atomic mass is 32.2. The van der Waals surface area contributed by atoms with Gasteiger partial charge in [-0.1, -0.05) is 30.3 Å². The van der Waals surface area contributed by atoms with Gasteiger partial charge in [-0.25, -0.2) is 0 Å². The molecule has 0 aliphatic rings. The molecule has 0 saturated carbocycles. The van der Waals surface area contributed by atoms with Crippen LogP contribution in [0.3, 0.4) is 0 Å². The molecule has 3 rings (SSSR count). The number of aromatic carboxylic acids is 2. The second-order valence-corrected chi connectivity index (χ2v) is 6.55. The van der Waals surface area contributed by atoms with Crippen LogP contribution in [0.4, 0.5) is 0 Å². The number of hydrogen-bond donors (Lipinski definition) is 0. The van der Waals surface area contributed by atoms with Gasteiger partial charge in [-0.2, -0.15) is 0 Å². The molecule has 0 aliphatic heterocycles. The normalized spacial score (nSPS) is 10.8. The van der Waals surface area contributed by atoms with Crippen LogP contribution < -0.4 is 10.2 Å². The zero-order valence-corrected chi connectivity index (χ0v) is 14.6. The van der Waals surface area contributed by atoms with E-state index in [0.717, 1.165) is 5.56 Å². The van der Waals surface area contributed by atoms with Crippen molar-refractivity contribution >= 4 is 23.7 Å². The summed E-state index contributed by atoms with van der Waals surface area (Å²) in [6.45, 7) is 1.55. The number of carboxylic acid groups (broad SMARTS) is 2. The first-order valence-electron chi connectivity index (χ1n) is 7.73. The summed E-state index contributed by atoms with van der Waals surface area (Å²) in [6, 6.07) is 12.0. The predicted molar refractivity (Wildman–Crippen MR) is 91.2 cm³/mol. The molecule has 0 saturated heterocycles. The lowest BCUT2D eigenvalue weighted by molar-refractivity contribution is -0.256. The molecule has 26 heavy (non-hydrogen) atoms. The molecular formula is C19H14O6S-2. The van der Waals surface area contributed by atoms with E-state index in [2.05, 4.69) is 0 Å². The number of benzene rings is 1. The maximum Gasteiger partial charge on any atom is 0.135 e. The smallest absolute Gasteiger partial charge is 0.135 e. The fraction of sp³-hybridized carbons (Fsp3) is 0.158. The SMILES string of the molecule is Cc1oc(CSCc2oc(-c3ccccc3)cc2C(=O)[O-])cc1C(=O)[O-]. The van der Waals surface area contributed by atoms with Crippen LogP contribution in [0.5, 0.6) is 0 Å². The Hall–Kier alpha value is -2.93. The van der Waals surface area contributed by atoms with Gasteiger partial charge in [0, 0.05) is 16.7 Å². The van der Waals surface area contributed by atoms with Crippen molar-refractivity contribution in [1.29, 1.82) is 0 Å². The van der Waals surface area contributed by atoms with Crippen LogP contribution in [0.2, 0.25) is 0 Å². The fourth-order valence-corrected chi connectivity index (χ4v) is 3.36. The first-order chi connectivity index (χ1) is 12.5. The number of rotatable bonds is 7. The van der Waals surface area contributed by atoms with Crippen molar-refractivity contribution in [2.45, 2.75) is 18.4 Å². The second kappa shape index (κ2) is 7.53. The minimum atomic E-state index is -1.31. The van der Waals surface area contributed by atoms with E-state index >= 15 is 0 Å². The van der Waals surface area contributed by atoms with Crippen molar-refractivity contribution < 1.29 is 28.6 Å². The highest BCUT2D eigenvalue weighted by Crippen LogP contribution is 2.29. The molecule has 1 aromatic carbocycles. The highest BCUT2D eigenvalue weighted by molar-refractivity contribution is 7.97. The summed E-state index contributed by atoms with van der Waals surface area (Å²) in [5, 5.41) is 22.3. The van der Waals surface area contributed by atoms with Gasteiger partial charge in [-0.05, 0) is 19.1 Å². The van der Waals surface area contributed by atoms with Crippen LogP contribution in [0.25, 0.3) is 11.3 Å². The van der Waals surface area contributed by atoms with Crippen molar-refractivity contribution in [2.75, 3.05) is 0 Å². The molecule has 2 heterocycles. The first-order valence-corrected chi connectivity index (χ1v) is 8.89. The summed E-state index contributed by atoms with van der Waals surface area (Å²) in [7, 11) is 0. The van der Waals surface area contributed by atoms with E-state index < -0.39 is 11.9 Å². The van der Waals surface area contributed by atoms with Crippen LogP contribution >= 0.6 is 11.8 Å². The zero-order valence-electron chi connectivity index (χ0n) is 13.8. The molecule has 0 spiro atoms. The molecule has 3 aromatic rings. The summed E-state index contributed by atoms with van der Waals surface area (Å²) in [6.07, 6.45) is 0. The molecule has 0 unspecified atom stereocenters. The van der Waals surface area contributed by atoms with Crippen LogP contribution in [0, 0.1) is 6.92 Å². The Labute approximate surface area is 153 Å². The maximum absolute atomic E-state index is 11.4. The van der Waals surface area contributed by atoms with Crippen LogP contribution in [0.1, 0.15) is 38.0 Å². The van der Waals surface area contributed by atoms with Gasteiger partial charge in [0.2, 0.25) is 0 Å². The summed E-state index contributed by atoms with van der Waals surface area (Å²) in [5.74, 6) is -0.471. The Morgan fingerprint density at radius 1 is 0.962 bits per heavy atom. The Balaban J connectivity index is 1.73. The monoisotopic (exact) mass is 370 g/mol. The zero-order chi connectivity index (χ0) is 18.7. The molecule has 134 valence electrons. The molecule has 0 atom stereocenters. The number of aryl methyl sites for hydroxylation is 1. The number of carbonyl (C=O) groups is 2. The van der Waals surface area contributed by atoms with Crippen LogP contribution in [-0.4, -0.2) is 11.9 Å². The third-order valence-corrected chi connectivity index (χ3v) is 4.71. The van der Waals surface area contributed by atoms with Crippen molar-refractivity contribution in [2.24, 2.45) is 0 Å². The second-order valence-electron chi connectivity index (χ2n) is 5.56. The third kappa shape index (κ3) is 3.83. The lowest BCUT2D eigenvalue weighted by Crippen LogP contribution is -2.22. The van der Waals surface area contributed by atoms with Gasteiger partial charge in [-0.15, -0.1) is 11.8 Å². The van der Waals surface area contributed by atoms with Crippen LogP contribution in [0.15, 0.2) is 51.3 Å². The minimum Gasteiger partial charge on any atom is -0.545 e. The van der Waals surface area contributed by atoms with E-state index in [1.165, 1.54) is 23.9 Å². The Morgan fingerprint density at radius 2 is 1.65 bits per heavy atom. The van der Waals surface area contributed by atoms with Crippen molar-refractivity contribution in [3.05, 3.63) is 70.9 Å². The summed E-state index contributed by atoms with van der Waals surface area (Å²) in [4.78, 5) is 22.3.